The molecule has 120 valence electrons. The van der Waals surface area contributed by atoms with Crippen LogP contribution in [0.4, 0.5) is 5.69 Å². The summed E-state index contributed by atoms with van der Waals surface area (Å²) in [5.74, 6) is 0. The van der Waals surface area contributed by atoms with Crippen LogP contribution in [-0.4, -0.2) is 50.4 Å². The first-order valence-electron chi connectivity index (χ1n) is 7.72. The van der Waals surface area contributed by atoms with E-state index in [-0.39, 0.29) is 11.8 Å². The Labute approximate surface area is 125 Å². The van der Waals surface area contributed by atoms with Crippen LogP contribution in [0, 0.1) is 10.1 Å². The molecule has 1 saturated heterocycles. The lowest BCUT2D eigenvalue weighted by Crippen LogP contribution is -2.38. The molecule has 7 nitrogen and oxygen atoms in total. The molecule has 0 saturated carbocycles. The number of aromatic nitrogens is 2. The molecule has 1 aliphatic heterocycles. The lowest BCUT2D eigenvalue weighted by Gasteiger charge is -2.29. The molecule has 1 aromatic rings. The van der Waals surface area contributed by atoms with Gasteiger partial charge in [-0.15, -0.1) is 0 Å². The van der Waals surface area contributed by atoms with Crippen LogP contribution in [0.1, 0.15) is 39.5 Å². The monoisotopic (exact) mass is 298 g/mol. The first-order valence-corrected chi connectivity index (χ1v) is 7.72. The van der Waals surface area contributed by atoms with Crippen molar-refractivity contribution in [1.29, 1.82) is 0 Å². The smallest absolute Gasteiger partial charge is 0.306 e. The third-order valence-corrected chi connectivity index (χ3v) is 3.42. The molecule has 0 aromatic carbocycles. The minimum Gasteiger partial charge on any atom is -0.392 e. The highest BCUT2D eigenvalue weighted by atomic mass is 16.6. The minimum absolute atomic E-state index is 0.0409. The van der Waals surface area contributed by atoms with Gasteiger partial charge in [-0.2, -0.15) is 5.10 Å². The zero-order chi connectivity index (χ0) is 15.7. The van der Waals surface area contributed by atoms with Crippen LogP contribution < -0.4 is 0 Å². The molecular formula is C14H26N4O3. The quantitative estimate of drug-likeness (QED) is 0.493. The van der Waals surface area contributed by atoms with E-state index in [0.29, 0.717) is 6.54 Å². The first-order chi connectivity index (χ1) is 10.1. The summed E-state index contributed by atoms with van der Waals surface area (Å²) in [6, 6.07) is 0. The van der Waals surface area contributed by atoms with Crippen LogP contribution >= 0.6 is 0 Å². The summed E-state index contributed by atoms with van der Waals surface area (Å²) >= 11 is 0. The van der Waals surface area contributed by atoms with Crippen molar-refractivity contribution in [3.63, 3.8) is 0 Å². The van der Waals surface area contributed by atoms with Crippen molar-refractivity contribution in [2.75, 3.05) is 19.6 Å². The lowest BCUT2D eigenvalue weighted by molar-refractivity contribution is -0.385. The summed E-state index contributed by atoms with van der Waals surface area (Å²) in [4.78, 5) is 12.3. The summed E-state index contributed by atoms with van der Waals surface area (Å²) < 4.78 is 1.61. The molecule has 1 unspecified atom stereocenters. The summed E-state index contributed by atoms with van der Waals surface area (Å²) in [6.07, 6.45) is 6.49. The molecule has 0 bridgehead atoms. The number of β-amino-alcohol motifs (C(OH)–C–C–N with tert-alkyl or cyclic N) is 1. The third kappa shape index (κ3) is 6.22. The van der Waals surface area contributed by atoms with Crippen molar-refractivity contribution in [2.45, 2.75) is 52.2 Å². The maximum Gasteiger partial charge on any atom is 0.306 e. The van der Waals surface area contributed by atoms with Gasteiger partial charge in [0.05, 0.1) is 11.0 Å². The van der Waals surface area contributed by atoms with Crippen LogP contribution in [0.5, 0.6) is 0 Å². The van der Waals surface area contributed by atoms with Gasteiger partial charge in [-0.05, 0) is 38.8 Å². The molecule has 0 amide bonds. The van der Waals surface area contributed by atoms with Crippen LogP contribution in [0.15, 0.2) is 12.4 Å². The standard InChI is InChI=1S/C12H20N4O3.C2H6/c17-12-4-3-6-14(10-12)5-1-2-7-15-9-11(8-13-15)16(18)19;1-2/h8-9,12,17H,1-7,10H2;1-2H3. The van der Waals surface area contributed by atoms with Crippen molar-refractivity contribution in [3.8, 4) is 0 Å². The number of aliphatic hydroxyl groups excluding tert-OH is 1. The van der Waals surface area contributed by atoms with Gasteiger partial charge in [0.25, 0.3) is 0 Å². The Balaban J connectivity index is 0.00000106. The van der Waals surface area contributed by atoms with E-state index < -0.39 is 4.92 Å². The first kappa shape index (κ1) is 17.6. The van der Waals surface area contributed by atoms with Gasteiger partial charge >= 0.3 is 5.69 Å². The van der Waals surface area contributed by atoms with E-state index in [1.165, 1.54) is 12.4 Å². The van der Waals surface area contributed by atoms with Gasteiger partial charge < -0.3 is 10.0 Å². The fourth-order valence-corrected chi connectivity index (χ4v) is 2.41. The van der Waals surface area contributed by atoms with E-state index in [1.807, 2.05) is 13.8 Å². The topological polar surface area (TPSA) is 84.4 Å². The molecule has 1 N–H and O–H groups in total. The Kier molecular flexibility index (Phi) is 7.92. The number of nitro groups is 1. The van der Waals surface area contributed by atoms with Gasteiger partial charge in [-0.3, -0.25) is 14.8 Å². The zero-order valence-electron chi connectivity index (χ0n) is 12.9. The highest BCUT2D eigenvalue weighted by molar-refractivity contribution is 5.20. The van der Waals surface area contributed by atoms with Crippen molar-refractivity contribution >= 4 is 5.69 Å². The van der Waals surface area contributed by atoms with E-state index in [0.717, 1.165) is 45.3 Å². The number of aryl methyl sites for hydroxylation is 1. The Bertz CT molecular complexity index is 422. The van der Waals surface area contributed by atoms with E-state index in [4.69, 9.17) is 0 Å². The number of piperidine rings is 1. The molecule has 0 radical (unpaired) electrons. The molecule has 1 aliphatic rings. The summed E-state index contributed by atoms with van der Waals surface area (Å²) in [5.41, 5.74) is 0.0409. The number of aliphatic hydroxyl groups is 1. The predicted octanol–water partition coefficient (Wildman–Crippen LogP) is 2.05. The van der Waals surface area contributed by atoms with Gasteiger partial charge in [-0.25, -0.2) is 0 Å². The van der Waals surface area contributed by atoms with Crippen LogP contribution in [0.3, 0.4) is 0 Å². The van der Waals surface area contributed by atoms with E-state index >= 15 is 0 Å². The Morgan fingerprint density at radius 2 is 2.14 bits per heavy atom. The molecule has 2 heterocycles. The van der Waals surface area contributed by atoms with Gasteiger partial charge in [0.1, 0.15) is 12.4 Å². The third-order valence-electron chi connectivity index (χ3n) is 3.42. The molecule has 0 spiro atoms. The lowest BCUT2D eigenvalue weighted by atomic mass is 10.1. The number of likely N-dealkylation sites (tertiary alicyclic amines) is 1. The SMILES string of the molecule is CC.O=[N+]([O-])c1cnn(CCCCN2CCCC(O)C2)c1. The second-order valence-electron chi connectivity index (χ2n) is 5.02. The number of unbranched alkanes of at least 4 members (excludes halogenated alkanes) is 1. The fourth-order valence-electron chi connectivity index (χ4n) is 2.41. The average molecular weight is 298 g/mol. The predicted molar refractivity (Wildman–Crippen MR) is 81.1 cm³/mol. The van der Waals surface area contributed by atoms with Gasteiger partial charge in [0.15, 0.2) is 0 Å². The highest BCUT2D eigenvalue weighted by Crippen LogP contribution is 2.11. The van der Waals surface area contributed by atoms with Crippen molar-refractivity contribution in [1.82, 2.24) is 14.7 Å². The van der Waals surface area contributed by atoms with Crippen molar-refractivity contribution < 1.29 is 10.0 Å². The number of hydrogen-bond donors (Lipinski definition) is 1. The van der Waals surface area contributed by atoms with Gasteiger partial charge in [-0.1, -0.05) is 13.8 Å². The molecule has 1 atom stereocenters. The highest BCUT2D eigenvalue weighted by Gasteiger charge is 2.16. The van der Waals surface area contributed by atoms with Crippen molar-refractivity contribution in [2.24, 2.45) is 0 Å². The summed E-state index contributed by atoms with van der Waals surface area (Å²) in [6.45, 7) is 7.50. The molecule has 1 fully saturated rings. The fraction of sp³-hybridized carbons (Fsp3) is 0.786. The second kappa shape index (κ2) is 9.46. The normalized spacial score (nSPS) is 18.9. The maximum absolute atomic E-state index is 10.5. The molecule has 7 heteroatoms. The molecule has 1 aromatic heterocycles. The van der Waals surface area contributed by atoms with Crippen molar-refractivity contribution in [3.05, 3.63) is 22.5 Å². The van der Waals surface area contributed by atoms with Crippen LogP contribution in [0.2, 0.25) is 0 Å². The average Bonchev–Trinajstić information content (AvgIpc) is 2.95. The Morgan fingerprint density at radius 3 is 2.76 bits per heavy atom. The summed E-state index contributed by atoms with van der Waals surface area (Å²) in [7, 11) is 0. The Hall–Kier alpha value is -1.47. The largest absolute Gasteiger partial charge is 0.392 e. The Morgan fingerprint density at radius 1 is 1.43 bits per heavy atom. The van der Waals surface area contributed by atoms with Crippen LogP contribution in [0.25, 0.3) is 0 Å². The summed E-state index contributed by atoms with van der Waals surface area (Å²) in [5, 5.41) is 24.0. The number of hydrogen-bond acceptors (Lipinski definition) is 5. The van der Waals surface area contributed by atoms with E-state index in [1.54, 1.807) is 4.68 Å². The van der Waals surface area contributed by atoms with E-state index in [9.17, 15) is 15.2 Å². The molecule has 0 aliphatic carbocycles. The van der Waals surface area contributed by atoms with Gasteiger partial charge in [0.2, 0.25) is 0 Å². The zero-order valence-corrected chi connectivity index (χ0v) is 12.9. The molecule has 2 rings (SSSR count). The molecule has 21 heavy (non-hydrogen) atoms. The van der Waals surface area contributed by atoms with E-state index in [2.05, 4.69) is 10.00 Å². The number of nitrogens with zero attached hydrogens (tertiary/aromatic N) is 4. The maximum atomic E-state index is 10.5. The second-order valence-corrected chi connectivity index (χ2v) is 5.02. The molecular weight excluding hydrogens is 272 g/mol. The number of rotatable bonds is 6. The minimum atomic E-state index is -0.432. The van der Waals surface area contributed by atoms with Gasteiger partial charge in [0, 0.05) is 13.1 Å². The van der Waals surface area contributed by atoms with Crippen LogP contribution in [-0.2, 0) is 6.54 Å².